The zero-order valence-electron chi connectivity index (χ0n) is 37.5. The molecule has 1 aromatic heterocycles. The van der Waals surface area contributed by atoms with Crippen LogP contribution in [0.1, 0.15) is 99.1 Å². The fourth-order valence-electron chi connectivity index (χ4n) is 8.06. The monoisotopic (exact) mass is 944 g/mol. The second kappa shape index (κ2) is 18.1. The SMILES string of the molecule is COC[C@@H]1C[C@H](C)CC/C=C\[C@H]2C[C@]2(C(=O)NS(=O)(=O)C2(C)CC2)NC(=O)[C@@H]2C[C@@H](Oc3nc4cc(OC(C)C)ccc4nc3C(F)(F)F)CN2C(=O)[C@H]1NC(=O)OC(C)(C)C(C)(F)F. The van der Waals surface area contributed by atoms with E-state index >= 15 is 4.79 Å². The summed E-state index contributed by atoms with van der Waals surface area (Å²) in [7, 11) is -2.84. The van der Waals surface area contributed by atoms with Crippen LogP contribution < -0.4 is 24.8 Å². The average Bonchev–Trinajstić information content (AvgIpc) is 4.06. The van der Waals surface area contributed by atoms with Crippen LogP contribution >= 0.6 is 0 Å². The zero-order valence-corrected chi connectivity index (χ0v) is 38.3. The molecule has 2 saturated carbocycles. The summed E-state index contributed by atoms with van der Waals surface area (Å²) in [6.45, 7) is 8.63. The van der Waals surface area contributed by atoms with Crippen LogP contribution in [0.15, 0.2) is 30.4 Å². The van der Waals surface area contributed by atoms with Crippen molar-refractivity contribution in [2.45, 2.75) is 146 Å². The standard InChI is InChI=1S/C43H57F5N6O10S/c1-23(2)62-27-13-14-29-30(18-27)50-35(33(49-29)43(46,47)48)63-28-19-31-34(55)52-42(37(57)53-65(59,60)40(6)15-16-40)20-26(42)12-10-9-11-24(3)17-25(22-61-8)32(36(56)54(31)21-28)51-38(58)64-39(4,5)41(7,44)45/h10,12-14,18,23-26,28,31-32H,9,11,15-17,19-22H2,1-8H3,(H,51,58)(H,52,55)(H,53,57)/b12-10-/t24-,25+,26+,28-,31+,32+,42+/m1/s1. The first-order valence-electron chi connectivity index (χ1n) is 21.5. The first-order valence-corrected chi connectivity index (χ1v) is 23.0. The minimum atomic E-state index is -5.09. The highest BCUT2D eigenvalue weighted by Crippen LogP contribution is 2.48. The Hall–Kier alpha value is -4.86. The minimum Gasteiger partial charge on any atom is -0.491 e. The molecule has 16 nitrogen and oxygen atoms in total. The summed E-state index contributed by atoms with van der Waals surface area (Å²) in [4.78, 5) is 66.1. The smallest absolute Gasteiger partial charge is 0.438 e. The number of aromatic nitrogens is 2. The normalized spacial score (nSPS) is 27.9. The van der Waals surface area contributed by atoms with Gasteiger partial charge in [-0.2, -0.15) is 13.2 Å². The third kappa shape index (κ3) is 10.9. The van der Waals surface area contributed by atoms with Gasteiger partial charge in [0.2, 0.25) is 33.4 Å². The third-order valence-corrected chi connectivity index (χ3v) is 14.8. The number of fused-ring (bicyclic) bond motifs is 3. The Balaban J connectivity index is 1.42. The maximum atomic E-state index is 15.1. The lowest BCUT2D eigenvalue weighted by atomic mass is 9.87. The molecule has 2 aromatic rings. The highest BCUT2D eigenvalue weighted by Gasteiger charge is 2.63. The van der Waals surface area contributed by atoms with E-state index in [1.165, 1.54) is 32.2 Å². The number of amides is 4. The molecule has 7 atom stereocenters. The number of rotatable bonds is 12. The molecule has 22 heteroatoms. The summed E-state index contributed by atoms with van der Waals surface area (Å²) >= 11 is 0. The number of halogens is 5. The predicted octanol–water partition coefficient (Wildman–Crippen LogP) is 5.82. The topological polar surface area (TPSA) is 204 Å². The van der Waals surface area contributed by atoms with E-state index in [2.05, 4.69) is 25.3 Å². The highest BCUT2D eigenvalue weighted by atomic mass is 32.2. The van der Waals surface area contributed by atoms with Crippen molar-refractivity contribution in [1.29, 1.82) is 0 Å². The first kappa shape index (κ1) is 49.6. The number of ether oxygens (including phenoxy) is 4. The number of nitrogens with zero attached hydrogens (tertiary/aromatic N) is 3. The molecule has 360 valence electrons. The molecule has 1 aromatic carbocycles. The van der Waals surface area contributed by atoms with Crippen molar-refractivity contribution >= 4 is 44.9 Å². The molecule has 0 unspecified atom stereocenters. The number of allylic oxidation sites excluding steroid dienone is 1. The number of carbonyl (C=O) groups excluding carboxylic acids is 4. The molecule has 65 heavy (non-hydrogen) atoms. The van der Waals surface area contributed by atoms with Gasteiger partial charge in [0.25, 0.3) is 11.8 Å². The van der Waals surface area contributed by atoms with Crippen LogP contribution in [0.3, 0.4) is 0 Å². The molecule has 2 aliphatic heterocycles. The molecular formula is C43H57F5N6O10S. The summed E-state index contributed by atoms with van der Waals surface area (Å²) in [5, 5.41) is 5.11. The van der Waals surface area contributed by atoms with Crippen molar-refractivity contribution in [2.75, 3.05) is 20.3 Å². The van der Waals surface area contributed by atoms with E-state index in [1.807, 2.05) is 6.92 Å². The van der Waals surface area contributed by atoms with Gasteiger partial charge >= 0.3 is 12.3 Å². The van der Waals surface area contributed by atoms with Gasteiger partial charge in [-0.3, -0.25) is 19.1 Å². The molecule has 3 fully saturated rings. The number of hydrogen-bond acceptors (Lipinski definition) is 12. The van der Waals surface area contributed by atoms with Crippen molar-refractivity contribution < 1.29 is 68.5 Å². The molecule has 6 rings (SSSR count). The summed E-state index contributed by atoms with van der Waals surface area (Å²) in [5.41, 5.74) is -5.81. The summed E-state index contributed by atoms with van der Waals surface area (Å²) in [6, 6.07) is 0.876. The van der Waals surface area contributed by atoms with Crippen LogP contribution in [-0.4, -0.2) is 113 Å². The highest BCUT2D eigenvalue weighted by molar-refractivity contribution is 7.91. The van der Waals surface area contributed by atoms with E-state index < -0.39 is 116 Å². The largest absolute Gasteiger partial charge is 0.491 e. The van der Waals surface area contributed by atoms with Crippen LogP contribution in [0.4, 0.5) is 26.7 Å². The van der Waals surface area contributed by atoms with Gasteiger partial charge in [0, 0.05) is 38.4 Å². The molecule has 4 aliphatic rings. The minimum absolute atomic E-state index is 0.0165. The van der Waals surface area contributed by atoms with E-state index in [0.29, 0.717) is 32.6 Å². The lowest BCUT2D eigenvalue weighted by Gasteiger charge is -2.35. The summed E-state index contributed by atoms with van der Waals surface area (Å²) in [6.07, 6.45) is -3.38. The van der Waals surface area contributed by atoms with E-state index in [1.54, 1.807) is 26.0 Å². The van der Waals surface area contributed by atoms with Gasteiger partial charge in [-0.25, -0.2) is 32.0 Å². The van der Waals surface area contributed by atoms with E-state index in [0.717, 1.165) is 18.7 Å². The Bertz CT molecular complexity index is 2300. The number of alkyl carbamates (subject to hydrolysis) is 1. The zero-order chi connectivity index (χ0) is 48.1. The second-order valence-corrected chi connectivity index (χ2v) is 21.0. The molecule has 0 bridgehead atoms. The second-order valence-electron chi connectivity index (χ2n) is 18.8. The predicted molar refractivity (Wildman–Crippen MR) is 224 cm³/mol. The Morgan fingerprint density at radius 2 is 1.74 bits per heavy atom. The van der Waals surface area contributed by atoms with Crippen molar-refractivity contribution in [3.8, 4) is 11.6 Å². The van der Waals surface area contributed by atoms with Gasteiger partial charge in [-0.15, -0.1) is 0 Å². The fourth-order valence-corrected chi connectivity index (χ4v) is 9.37. The Kier molecular flexibility index (Phi) is 13.8. The molecule has 0 radical (unpaired) electrons. The van der Waals surface area contributed by atoms with E-state index in [4.69, 9.17) is 18.9 Å². The van der Waals surface area contributed by atoms with Crippen LogP contribution in [-0.2, 0) is 40.1 Å². The van der Waals surface area contributed by atoms with Crippen LogP contribution in [0, 0.1) is 17.8 Å². The van der Waals surface area contributed by atoms with Gasteiger partial charge in [0.1, 0.15) is 29.5 Å². The quantitative estimate of drug-likeness (QED) is 0.170. The summed E-state index contributed by atoms with van der Waals surface area (Å²) < 4.78 is 123. The number of alkyl halides is 5. The Labute approximate surface area is 374 Å². The lowest BCUT2D eigenvalue weighted by Crippen LogP contribution is -2.60. The maximum Gasteiger partial charge on any atom is 0.438 e. The molecule has 4 amide bonds. The third-order valence-electron chi connectivity index (χ3n) is 12.7. The molecule has 3 heterocycles. The van der Waals surface area contributed by atoms with Gasteiger partial charge in [-0.05, 0) is 91.2 Å². The molecular weight excluding hydrogens is 888 g/mol. The molecule has 3 N–H and O–H groups in total. The van der Waals surface area contributed by atoms with Gasteiger partial charge in [0.15, 0.2) is 5.60 Å². The van der Waals surface area contributed by atoms with Crippen molar-refractivity contribution in [3.05, 3.63) is 36.0 Å². The molecule has 2 aliphatic carbocycles. The number of benzene rings is 1. The maximum absolute atomic E-state index is 15.1. The Morgan fingerprint density at radius 1 is 1.05 bits per heavy atom. The van der Waals surface area contributed by atoms with Gasteiger partial charge < -0.3 is 34.5 Å². The van der Waals surface area contributed by atoms with Gasteiger partial charge in [-0.1, -0.05) is 19.1 Å². The van der Waals surface area contributed by atoms with Crippen LogP contribution in [0.5, 0.6) is 11.6 Å². The van der Waals surface area contributed by atoms with Crippen LogP contribution in [0.25, 0.3) is 11.0 Å². The number of carbonyl (C=O) groups is 4. The Morgan fingerprint density at radius 3 is 2.35 bits per heavy atom. The first-order chi connectivity index (χ1) is 30.1. The van der Waals surface area contributed by atoms with Crippen molar-refractivity contribution in [1.82, 2.24) is 30.2 Å². The van der Waals surface area contributed by atoms with Crippen molar-refractivity contribution in [3.63, 3.8) is 0 Å². The lowest BCUT2D eigenvalue weighted by molar-refractivity contribution is -0.152. The van der Waals surface area contributed by atoms with Crippen molar-refractivity contribution in [2.24, 2.45) is 17.8 Å². The number of sulfonamides is 1. The van der Waals surface area contributed by atoms with Crippen LogP contribution in [0.2, 0.25) is 0 Å². The fraction of sp³-hybridized carbons (Fsp3) is 0.674. The summed E-state index contributed by atoms with van der Waals surface area (Å²) in [5.74, 6) is -8.90. The molecule has 1 saturated heterocycles. The van der Waals surface area contributed by atoms with E-state index in [-0.39, 0.29) is 48.3 Å². The number of nitrogens with one attached hydrogen (secondary N) is 3. The van der Waals surface area contributed by atoms with Gasteiger partial charge in [0.05, 0.1) is 35.0 Å². The van der Waals surface area contributed by atoms with E-state index in [9.17, 15) is 44.8 Å². The number of methoxy groups -OCH3 is 1. The number of hydrogen-bond donors (Lipinski definition) is 3. The average molecular weight is 945 g/mol. The molecule has 0 spiro atoms.